The van der Waals surface area contributed by atoms with Gasteiger partial charge in [0.25, 0.3) is 0 Å². The van der Waals surface area contributed by atoms with E-state index in [0.29, 0.717) is 0 Å². The second kappa shape index (κ2) is 6.04. The number of likely N-dealkylation sites (tertiary alicyclic amines) is 1. The van der Waals surface area contributed by atoms with Gasteiger partial charge in [0, 0.05) is 18.9 Å². The lowest BCUT2D eigenvalue weighted by molar-refractivity contribution is -0.899. The maximum absolute atomic E-state index is 10.9. The maximum atomic E-state index is 10.9. The van der Waals surface area contributed by atoms with Crippen molar-refractivity contribution in [2.24, 2.45) is 5.92 Å². The number of amides is 1. The summed E-state index contributed by atoms with van der Waals surface area (Å²) in [5, 5.41) is 2.82. The van der Waals surface area contributed by atoms with Gasteiger partial charge in [-0.15, -0.1) is 0 Å². The number of quaternary nitrogens is 1. The van der Waals surface area contributed by atoms with Gasteiger partial charge >= 0.3 is 0 Å². The Labute approximate surface area is 99.1 Å². The summed E-state index contributed by atoms with van der Waals surface area (Å²) in [7, 11) is 2.35. The van der Waals surface area contributed by atoms with Crippen molar-refractivity contribution in [1.29, 1.82) is 0 Å². The number of unbranched alkanes of at least 4 members (excludes halogenated alkanes) is 1. The van der Waals surface area contributed by atoms with Crippen LogP contribution in [0.25, 0.3) is 0 Å². The van der Waals surface area contributed by atoms with E-state index in [1.807, 2.05) is 0 Å². The highest BCUT2D eigenvalue weighted by atomic mass is 16.1. The standard InChI is InChI=1S/C13H24N2O/c1-4-13(16)14-8-5-6-9-15(3)10-7-12(2)11-15/h4,12H,1,5-11H2,2-3H3/p+1. The van der Waals surface area contributed by atoms with Crippen LogP contribution in [0.4, 0.5) is 0 Å². The van der Waals surface area contributed by atoms with E-state index in [0.717, 1.165) is 18.9 Å². The number of hydrogen-bond donors (Lipinski definition) is 1. The van der Waals surface area contributed by atoms with Crippen molar-refractivity contribution >= 4 is 5.91 Å². The minimum absolute atomic E-state index is 0.0600. The van der Waals surface area contributed by atoms with Crippen molar-refractivity contribution in [1.82, 2.24) is 5.32 Å². The molecule has 0 bridgehead atoms. The average Bonchev–Trinajstić information content (AvgIpc) is 2.58. The lowest BCUT2D eigenvalue weighted by atomic mass is 10.2. The van der Waals surface area contributed by atoms with Gasteiger partial charge in [-0.1, -0.05) is 13.5 Å². The molecule has 1 saturated heterocycles. The largest absolute Gasteiger partial charge is 0.353 e. The van der Waals surface area contributed by atoms with Gasteiger partial charge in [-0.05, 0) is 18.9 Å². The summed E-state index contributed by atoms with van der Waals surface area (Å²) in [5.74, 6) is 0.820. The van der Waals surface area contributed by atoms with E-state index in [9.17, 15) is 4.79 Å². The predicted octanol–water partition coefficient (Wildman–Crippen LogP) is 1.56. The highest BCUT2D eigenvalue weighted by Crippen LogP contribution is 2.22. The zero-order valence-electron chi connectivity index (χ0n) is 10.7. The van der Waals surface area contributed by atoms with E-state index in [-0.39, 0.29) is 5.91 Å². The van der Waals surface area contributed by atoms with Gasteiger partial charge in [-0.3, -0.25) is 4.79 Å². The molecule has 0 aromatic rings. The summed E-state index contributed by atoms with van der Waals surface area (Å²) in [6.07, 6.45) is 4.96. The first-order chi connectivity index (χ1) is 7.56. The number of nitrogens with zero attached hydrogens (tertiary/aromatic N) is 1. The third-order valence-corrected chi connectivity index (χ3v) is 3.52. The Bertz CT molecular complexity index is 252. The van der Waals surface area contributed by atoms with Crippen molar-refractivity contribution in [2.45, 2.75) is 26.2 Å². The predicted molar refractivity (Wildman–Crippen MR) is 67.0 cm³/mol. The quantitative estimate of drug-likeness (QED) is 0.415. The molecule has 1 aliphatic rings. The van der Waals surface area contributed by atoms with Crippen molar-refractivity contribution < 1.29 is 9.28 Å². The van der Waals surface area contributed by atoms with Crippen LogP contribution in [0.1, 0.15) is 26.2 Å². The topological polar surface area (TPSA) is 29.1 Å². The van der Waals surface area contributed by atoms with Gasteiger partial charge in [0.05, 0.1) is 26.7 Å². The fourth-order valence-corrected chi connectivity index (χ4v) is 2.57. The number of carbonyl (C=O) groups excluding carboxylic acids is 1. The summed E-state index contributed by atoms with van der Waals surface area (Å²) in [6.45, 7) is 10.4. The molecular formula is C13H25N2O+. The summed E-state index contributed by atoms with van der Waals surface area (Å²) < 4.78 is 1.22. The first-order valence-electron chi connectivity index (χ1n) is 6.29. The van der Waals surface area contributed by atoms with Gasteiger partial charge in [0.2, 0.25) is 5.91 Å². The minimum atomic E-state index is -0.0600. The number of hydrogen-bond acceptors (Lipinski definition) is 1. The van der Waals surface area contributed by atoms with Crippen molar-refractivity contribution in [3.8, 4) is 0 Å². The molecule has 0 aliphatic carbocycles. The van der Waals surface area contributed by atoms with E-state index in [2.05, 4.69) is 25.9 Å². The molecule has 3 heteroatoms. The van der Waals surface area contributed by atoms with Gasteiger partial charge in [0.15, 0.2) is 0 Å². The summed E-state index contributed by atoms with van der Waals surface area (Å²) in [6, 6.07) is 0. The summed E-state index contributed by atoms with van der Waals surface area (Å²) in [5.41, 5.74) is 0. The Balaban J connectivity index is 2.07. The first kappa shape index (κ1) is 13.2. The van der Waals surface area contributed by atoms with Crippen LogP contribution in [0.3, 0.4) is 0 Å². The molecule has 0 aromatic heterocycles. The molecule has 1 rings (SSSR count). The number of rotatable bonds is 6. The van der Waals surface area contributed by atoms with E-state index in [1.54, 1.807) is 0 Å². The molecule has 0 aromatic carbocycles. The van der Waals surface area contributed by atoms with Crippen molar-refractivity contribution in [3.05, 3.63) is 12.7 Å². The van der Waals surface area contributed by atoms with Crippen LogP contribution in [0.15, 0.2) is 12.7 Å². The summed E-state index contributed by atoms with van der Waals surface area (Å²) in [4.78, 5) is 10.9. The Morgan fingerprint density at radius 2 is 2.31 bits per heavy atom. The van der Waals surface area contributed by atoms with Gasteiger partial charge in [-0.2, -0.15) is 0 Å². The van der Waals surface area contributed by atoms with E-state index in [4.69, 9.17) is 0 Å². The zero-order chi connectivity index (χ0) is 12.0. The van der Waals surface area contributed by atoms with Crippen LogP contribution >= 0.6 is 0 Å². The highest BCUT2D eigenvalue weighted by molar-refractivity contribution is 5.86. The second-order valence-electron chi connectivity index (χ2n) is 5.35. The third-order valence-electron chi connectivity index (χ3n) is 3.52. The molecule has 92 valence electrons. The average molecular weight is 225 g/mol. The molecular weight excluding hydrogens is 200 g/mol. The van der Waals surface area contributed by atoms with Crippen LogP contribution in [-0.4, -0.2) is 43.6 Å². The molecule has 3 nitrogen and oxygen atoms in total. The number of nitrogens with one attached hydrogen (secondary N) is 1. The molecule has 1 heterocycles. The molecule has 0 radical (unpaired) electrons. The second-order valence-corrected chi connectivity index (χ2v) is 5.35. The molecule has 1 fully saturated rings. The number of carbonyl (C=O) groups is 1. The maximum Gasteiger partial charge on any atom is 0.243 e. The van der Waals surface area contributed by atoms with Gasteiger partial charge in [-0.25, -0.2) is 0 Å². The van der Waals surface area contributed by atoms with Crippen LogP contribution in [-0.2, 0) is 4.79 Å². The van der Waals surface area contributed by atoms with E-state index >= 15 is 0 Å². The fraction of sp³-hybridized carbons (Fsp3) is 0.769. The Kier molecular flexibility index (Phi) is 5.00. The fourth-order valence-electron chi connectivity index (χ4n) is 2.57. The van der Waals surface area contributed by atoms with Gasteiger partial charge in [0.1, 0.15) is 0 Å². The zero-order valence-corrected chi connectivity index (χ0v) is 10.7. The van der Waals surface area contributed by atoms with Crippen molar-refractivity contribution in [3.63, 3.8) is 0 Å². The Hall–Kier alpha value is -0.830. The van der Waals surface area contributed by atoms with E-state index in [1.165, 1.54) is 43.0 Å². The van der Waals surface area contributed by atoms with E-state index < -0.39 is 0 Å². The molecule has 0 spiro atoms. The lowest BCUT2D eigenvalue weighted by Gasteiger charge is -2.29. The molecule has 16 heavy (non-hydrogen) atoms. The van der Waals surface area contributed by atoms with Crippen LogP contribution in [0, 0.1) is 5.92 Å². The SMILES string of the molecule is C=CC(=O)NCCCC[N+]1(C)CCC(C)C1. The Morgan fingerprint density at radius 1 is 1.56 bits per heavy atom. The molecule has 2 atom stereocenters. The molecule has 0 saturated carbocycles. The van der Waals surface area contributed by atoms with Crippen LogP contribution < -0.4 is 5.32 Å². The van der Waals surface area contributed by atoms with Crippen LogP contribution in [0.2, 0.25) is 0 Å². The molecule has 1 amide bonds. The first-order valence-corrected chi connectivity index (χ1v) is 6.29. The van der Waals surface area contributed by atoms with Crippen LogP contribution in [0.5, 0.6) is 0 Å². The molecule has 2 unspecified atom stereocenters. The van der Waals surface area contributed by atoms with Crippen molar-refractivity contribution in [2.75, 3.05) is 33.2 Å². The third kappa shape index (κ3) is 4.35. The smallest absolute Gasteiger partial charge is 0.243 e. The minimum Gasteiger partial charge on any atom is -0.353 e. The highest BCUT2D eigenvalue weighted by Gasteiger charge is 2.30. The lowest BCUT2D eigenvalue weighted by Crippen LogP contribution is -2.42. The monoisotopic (exact) mass is 225 g/mol. The molecule has 1 N–H and O–H groups in total. The Morgan fingerprint density at radius 3 is 2.88 bits per heavy atom. The summed E-state index contributed by atoms with van der Waals surface area (Å²) >= 11 is 0. The van der Waals surface area contributed by atoms with Gasteiger partial charge < -0.3 is 9.80 Å². The normalized spacial score (nSPS) is 29.0. The molecule has 1 aliphatic heterocycles.